The van der Waals surface area contributed by atoms with Crippen LogP contribution in [0.4, 0.5) is 26.3 Å². The Morgan fingerprint density at radius 3 is 2.36 bits per heavy atom. The Balaban J connectivity index is 2.18. The van der Waals surface area contributed by atoms with Gasteiger partial charge >= 0.3 is 12.4 Å². The molecule has 28 heavy (non-hydrogen) atoms. The average Bonchev–Trinajstić information content (AvgIpc) is 3.10. The molecule has 1 heterocycles. The summed E-state index contributed by atoms with van der Waals surface area (Å²) in [6.45, 7) is -3.32. The van der Waals surface area contributed by atoms with Gasteiger partial charge in [0.1, 0.15) is 11.5 Å². The molecule has 0 unspecified atom stereocenters. The van der Waals surface area contributed by atoms with Crippen molar-refractivity contribution in [3.05, 3.63) is 46.2 Å². The van der Waals surface area contributed by atoms with Crippen LogP contribution in [0.3, 0.4) is 0 Å². The van der Waals surface area contributed by atoms with E-state index >= 15 is 0 Å². The first-order chi connectivity index (χ1) is 13.0. The molecule has 0 fully saturated rings. The van der Waals surface area contributed by atoms with E-state index in [9.17, 15) is 31.1 Å². The quantitative estimate of drug-likeness (QED) is 0.406. The summed E-state index contributed by atoms with van der Waals surface area (Å²) in [7, 11) is 0. The zero-order chi connectivity index (χ0) is 20.8. The van der Waals surface area contributed by atoms with Gasteiger partial charge in [-0.05, 0) is 29.6 Å². The number of hydrazone groups is 1. The third-order valence-corrected chi connectivity index (χ3v) is 3.70. The second-order valence-electron chi connectivity index (χ2n) is 5.18. The summed E-state index contributed by atoms with van der Waals surface area (Å²) in [4.78, 5) is 12.9. The molecule has 1 amide bonds. The molecular formula is C16H12F6N2O3S. The standard InChI is InChI=1S/C16H12F6N2O3S/c17-15(18,19)8-26-10-3-4-13(27-9-16(20,21)22)12(6-10)14(25)24-23-7-11-2-1-5-28-11/h1-7H,8-9H2,(H,24,25). The van der Waals surface area contributed by atoms with Crippen LogP contribution < -0.4 is 14.9 Å². The molecule has 0 aliphatic carbocycles. The summed E-state index contributed by atoms with van der Waals surface area (Å²) in [5.74, 6) is -1.84. The van der Waals surface area contributed by atoms with E-state index in [1.165, 1.54) is 17.6 Å². The van der Waals surface area contributed by atoms with Crippen molar-refractivity contribution in [3.63, 3.8) is 0 Å². The van der Waals surface area contributed by atoms with Gasteiger partial charge in [-0.3, -0.25) is 4.79 Å². The molecule has 0 aliphatic heterocycles. The van der Waals surface area contributed by atoms with Crippen molar-refractivity contribution in [2.24, 2.45) is 5.10 Å². The minimum atomic E-state index is -4.67. The average molecular weight is 426 g/mol. The van der Waals surface area contributed by atoms with E-state index in [1.54, 1.807) is 17.5 Å². The number of hydrogen-bond acceptors (Lipinski definition) is 5. The van der Waals surface area contributed by atoms with Gasteiger partial charge in [-0.15, -0.1) is 11.3 Å². The van der Waals surface area contributed by atoms with Gasteiger partial charge in [-0.1, -0.05) is 6.07 Å². The summed E-state index contributed by atoms with van der Waals surface area (Å²) in [5, 5.41) is 5.40. The maximum absolute atomic E-state index is 12.4. The highest BCUT2D eigenvalue weighted by molar-refractivity contribution is 7.11. The molecule has 5 nitrogen and oxygen atoms in total. The minimum Gasteiger partial charge on any atom is -0.484 e. The summed E-state index contributed by atoms with van der Waals surface area (Å²) < 4.78 is 83.0. The van der Waals surface area contributed by atoms with Crippen LogP contribution in [-0.4, -0.2) is 37.7 Å². The van der Waals surface area contributed by atoms with Crippen LogP contribution in [0.1, 0.15) is 15.2 Å². The Morgan fingerprint density at radius 2 is 1.75 bits per heavy atom. The lowest BCUT2D eigenvalue weighted by Crippen LogP contribution is -2.23. The Kier molecular flexibility index (Phi) is 6.89. The molecule has 12 heteroatoms. The molecule has 0 saturated carbocycles. The smallest absolute Gasteiger partial charge is 0.422 e. The van der Waals surface area contributed by atoms with Crippen LogP contribution in [0.2, 0.25) is 0 Å². The molecule has 2 aromatic rings. The van der Waals surface area contributed by atoms with Gasteiger partial charge in [0, 0.05) is 4.88 Å². The molecule has 2 rings (SSSR count). The van der Waals surface area contributed by atoms with E-state index in [0.717, 1.165) is 18.2 Å². The third kappa shape index (κ3) is 7.47. The molecule has 152 valence electrons. The van der Waals surface area contributed by atoms with Crippen molar-refractivity contribution in [2.45, 2.75) is 12.4 Å². The minimum absolute atomic E-state index is 0.371. The molecule has 0 bridgehead atoms. The van der Waals surface area contributed by atoms with Crippen LogP contribution in [0.15, 0.2) is 40.8 Å². The fourth-order valence-electron chi connectivity index (χ4n) is 1.81. The molecule has 0 spiro atoms. The van der Waals surface area contributed by atoms with Gasteiger partial charge in [0.05, 0.1) is 11.8 Å². The van der Waals surface area contributed by atoms with Crippen molar-refractivity contribution >= 4 is 23.5 Å². The number of carbonyl (C=O) groups is 1. The van der Waals surface area contributed by atoms with Crippen LogP contribution in [0, 0.1) is 0 Å². The first kappa shape index (κ1) is 21.5. The lowest BCUT2D eigenvalue weighted by atomic mass is 10.2. The number of carbonyl (C=O) groups excluding carboxylic acids is 1. The zero-order valence-electron chi connectivity index (χ0n) is 13.8. The van der Waals surface area contributed by atoms with Gasteiger partial charge in [0.15, 0.2) is 13.2 Å². The lowest BCUT2D eigenvalue weighted by molar-refractivity contribution is -0.154. The van der Waals surface area contributed by atoms with Crippen LogP contribution in [-0.2, 0) is 0 Å². The van der Waals surface area contributed by atoms with Gasteiger partial charge in [0.2, 0.25) is 0 Å². The maximum Gasteiger partial charge on any atom is 0.422 e. The maximum atomic E-state index is 12.4. The van der Waals surface area contributed by atoms with Crippen molar-refractivity contribution in [3.8, 4) is 11.5 Å². The first-order valence-corrected chi connectivity index (χ1v) is 8.31. The van der Waals surface area contributed by atoms with Gasteiger partial charge < -0.3 is 9.47 Å². The van der Waals surface area contributed by atoms with Crippen molar-refractivity contribution in [1.82, 2.24) is 5.43 Å². The Morgan fingerprint density at radius 1 is 1.07 bits per heavy atom. The van der Waals surface area contributed by atoms with E-state index in [2.05, 4.69) is 20.0 Å². The van der Waals surface area contributed by atoms with Crippen LogP contribution in [0.5, 0.6) is 11.5 Å². The van der Waals surface area contributed by atoms with E-state index < -0.39 is 42.8 Å². The molecular weight excluding hydrogens is 414 g/mol. The number of thiophene rings is 1. The highest BCUT2D eigenvalue weighted by Crippen LogP contribution is 2.27. The topological polar surface area (TPSA) is 59.9 Å². The van der Waals surface area contributed by atoms with Gasteiger partial charge in [-0.2, -0.15) is 31.4 Å². The predicted octanol–water partition coefficient (Wildman–Crippen LogP) is 4.39. The van der Waals surface area contributed by atoms with Crippen molar-refractivity contribution in [1.29, 1.82) is 0 Å². The van der Waals surface area contributed by atoms with E-state index in [-0.39, 0.29) is 5.75 Å². The van der Waals surface area contributed by atoms with E-state index in [4.69, 9.17) is 0 Å². The Bertz CT molecular complexity index is 819. The van der Waals surface area contributed by atoms with Crippen LogP contribution >= 0.6 is 11.3 Å². The number of rotatable bonds is 7. The second kappa shape index (κ2) is 8.95. The van der Waals surface area contributed by atoms with E-state index in [1.807, 2.05) is 0 Å². The summed E-state index contributed by atoms with van der Waals surface area (Å²) >= 11 is 1.32. The highest BCUT2D eigenvalue weighted by atomic mass is 32.1. The number of nitrogens with one attached hydrogen (secondary N) is 1. The Hall–Kier alpha value is -2.76. The fraction of sp³-hybridized carbons (Fsp3) is 0.250. The SMILES string of the molecule is O=C(NN=Cc1cccs1)c1cc(OCC(F)(F)F)ccc1OCC(F)(F)F. The van der Waals surface area contributed by atoms with Crippen molar-refractivity contribution in [2.75, 3.05) is 13.2 Å². The third-order valence-electron chi connectivity index (χ3n) is 2.89. The number of ether oxygens (including phenoxy) is 2. The molecule has 1 N–H and O–H groups in total. The number of amides is 1. The molecule has 0 atom stereocenters. The molecule has 0 saturated heterocycles. The monoisotopic (exact) mass is 426 g/mol. The highest BCUT2D eigenvalue weighted by Gasteiger charge is 2.30. The fourth-order valence-corrected chi connectivity index (χ4v) is 2.39. The largest absolute Gasteiger partial charge is 0.484 e. The van der Waals surface area contributed by atoms with Gasteiger partial charge in [-0.25, -0.2) is 5.43 Å². The molecule has 0 aliphatic rings. The molecule has 1 aromatic carbocycles. The normalized spacial score (nSPS) is 12.2. The molecule has 1 aromatic heterocycles. The van der Waals surface area contributed by atoms with Gasteiger partial charge in [0.25, 0.3) is 5.91 Å². The number of nitrogens with zero attached hydrogens (tertiary/aromatic N) is 1. The number of halogens is 6. The van der Waals surface area contributed by atoms with E-state index in [0.29, 0.717) is 4.88 Å². The van der Waals surface area contributed by atoms with Crippen LogP contribution in [0.25, 0.3) is 0 Å². The number of hydrogen-bond donors (Lipinski definition) is 1. The second-order valence-corrected chi connectivity index (χ2v) is 6.16. The first-order valence-electron chi connectivity index (χ1n) is 7.43. The predicted molar refractivity (Wildman–Crippen MR) is 88.9 cm³/mol. The van der Waals surface area contributed by atoms with Crippen molar-refractivity contribution < 1.29 is 40.6 Å². The zero-order valence-corrected chi connectivity index (χ0v) is 14.6. The number of alkyl halides is 6. The lowest BCUT2D eigenvalue weighted by Gasteiger charge is -2.14. The number of benzene rings is 1. The summed E-state index contributed by atoms with van der Waals surface area (Å²) in [6, 6.07) is 6.15. The summed E-state index contributed by atoms with van der Waals surface area (Å²) in [6.07, 6.45) is -8.00. The summed E-state index contributed by atoms with van der Waals surface area (Å²) in [5.41, 5.74) is 1.61. The Labute approximate surface area is 158 Å². The molecule has 0 radical (unpaired) electrons.